The Hall–Kier alpha value is -5.92. The molecule has 7 aromatic rings. The molecule has 1 heterocycles. The van der Waals surface area contributed by atoms with Crippen LogP contribution in [0.5, 0.6) is 0 Å². The Bertz CT molecular complexity index is 2630. The fourth-order valence-corrected chi connectivity index (χ4v) is 10.1. The van der Waals surface area contributed by atoms with Gasteiger partial charge in [-0.1, -0.05) is 147 Å². The molecule has 1 nitrogen and oxygen atoms in total. The van der Waals surface area contributed by atoms with E-state index in [1.54, 1.807) is 0 Å². The summed E-state index contributed by atoms with van der Waals surface area (Å²) in [5.41, 5.74) is 19.8. The molecule has 7 aromatic carbocycles. The number of allylic oxidation sites excluding steroid dienone is 4. The Labute approximate surface area is 299 Å². The molecule has 3 aliphatic carbocycles. The molecule has 1 spiro atoms. The third-order valence-corrected chi connectivity index (χ3v) is 12.3. The quantitative estimate of drug-likeness (QED) is 0.180. The largest absolute Gasteiger partial charge is 0.309 e. The minimum Gasteiger partial charge on any atom is -0.309 e. The van der Waals surface area contributed by atoms with Crippen molar-refractivity contribution >= 4 is 33.4 Å². The van der Waals surface area contributed by atoms with E-state index in [1.165, 1.54) is 94.6 Å². The van der Waals surface area contributed by atoms with Crippen molar-refractivity contribution in [2.24, 2.45) is 0 Å². The molecule has 0 amide bonds. The first-order chi connectivity index (χ1) is 25.1. The topological polar surface area (TPSA) is 3.24 Å². The van der Waals surface area contributed by atoms with Crippen molar-refractivity contribution < 1.29 is 0 Å². The SMILES string of the molecule is CC1(C)c2ccccc2N(c2cccc3ccccc23)c2ccc(-c3ccc4c(c3)C3(C5=C4CCC=C5)c4ccccc4-c4ccccc43)cc21. The summed E-state index contributed by atoms with van der Waals surface area (Å²) in [5, 5.41) is 2.51. The lowest BCUT2D eigenvalue weighted by Gasteiger charge is -2.42. The van der Waals surface area contributed by atoms with Crippen LogP contribution in [0, 0.1) is 0 Å². The van der Waals surface area contributed by atoms with Crippen molar-refractivity contribution in [1.29, 1.82) is 0 Å². The molecule has 0 fully saturated rings. The van der Waals surface area contributed by atoms with E-state index in [4.69, 9.17) is 0 Å². The Balaban J connectivity index is 1.13. The van der Waals surface area contributed by atoms with Crippen molar-refractivity contribution in [1.82, 2.24) is 0 Å². The molecule has 0 saturated carbocycles. The van der Waals surface area contributed by atoms with Crippen molar-refractivity contribution in [3.05, 3.63) is 203 Å². The van der Waals surface area contributed by atoms with Crippen LogP contribution in [0.15, 0.2) is 169 Å². The molecule has 242 valence electrons. The number of hydrogen-bond donors (Lipinski definition) is 0. The highest BCUT2D eigenvalue weighted by atomic mass is 15.2. The van der Waals surface area contributed by atoms with Gasteiger partial charge in [0.25, 0.3) is 0 Å². The smallest absolute Gasteiger partial charge is 0.0722 e. The molecule has 1 heteroatoms. The highest BCUT2D eigenvalue weighted by Crippen LogP contribution is 2.64. The molecule has 0 aromatic heterocycles. The van der Waals surface area contributed by atoms with Gasteiger partial charge in [-0.2, -0.15) is 0 Å². The van der Waals surface area contributed by atoms with Gasteiger partial charge in [-0.15, -0.1) is 0 Å². The fraction of sp³-hybridized carbons (Fsp3) is 0.120. The zero-order valence-corrected chi connectivity index (χ0v) is 28.9. The lowest BCUT2D eigenvalue weighted by atomic mass is 9.68. The van der Waals surface area contributed by atoms with Crippen LogP contribution in [-0.4, -0.2) is 0 Å². The number of fused-ring (bicyclic) bond motifs is 12. The predicted molar refractivity (Wildman–Crippen MR) is 213 cm³/mol. The highest BCUT2D eigenvalue weighted by molar-refractivity contribution is 6.01. The maximum atomic E-state index is 2.54. The number of rotatable bonds is 2. The molecule has 0 unspecified atom stereocenters. The Morgan fingerprint density at radius 2 is 1.10 bits per heavy atom. The lowest BCUT2D eigenvalue weighted by molar-refractivity contribution is 0.632. The van der Waals surface area contributed by atoms with Crippen LogP contribution < -0.4 is 4.90 Å². The number of hydrogen-bond acceptors (Lipinski definition) is 1. The number of anilines is 3. The Morgan fingerprint density at radius 1 is 0.490 bits per heavy atom. The number of para-hydroxylation sites is 1. The van der Waals surface area contributed by atoms with Gasteiger partial charge in [0.05, 0.1) is 22.5 Å². The molecule has 0 bridgehead atoms. The minimum absolute atomic E-state index is 0.185. The standard InChI is InChI=1S/C50H37N/c1-49(2)43-23-11-12-24-47(43)51(46-25-13-15-32-14-3-4-16-35(32)46)48-29-27-34(31-45(48)49)33-26-28-39-38-19-7-10-22-42(38)50(44(39)30-33)40-20-8-5-17-36(40)37-18-6-9-21-41(37)50/h3-6,8-18,20-31H,7,19H2,1-2H3. The monoisotopic (exact) mass is 651 g/mol. The summed E-state index contributed by atoms with van der Waals surface area (Å²) >= 11 is 0. The summed E-state index contributed by atoms with van der Waals surface area (Å²) in [5.74, 6) is 0. The zero-order valence-electron chi connectivity index (χ0n) is 28.9. The van der Waals surface area contributed by atoms with Crippen LogP contribution in [0.4, 0.5) is 17.1 Å². The van der Waals surface area contributed by atoms with Crippen LogP contribution in [0.2, 0.25) is 0 Å². The van der Waals surface area contributed by atoms with E-state index in [0.717, 1.165) is 12.8 Å². The van der Waals surface area contributed by atoms with E-state index in [0.29, 0.717) is 0 Å². The van der Waals surface area contributed by atoms with E-state index in [2.05, 4.69) is 183 Å². The van der Waals surface area contributed by atoms with Gasteiger partial charge in [-0.05, 0) is 115 Å². The maximum Gasteiger partial charge on any atom is 0.0722 e. The molecule has 1 aliphatic heterocycles. The van der Waals surface area contributed by atoms with E-state index in [-0.39, 0.29) is 10.8 Å². The molecule has 0 radical (unpaired) electrons. The zero-order chi connectivity index (χ0) is 33.9. The van der Waals surface area contributed by atoms with Crippen molar-refractivity contribution in [2.75, 3.05) is 4.90 Å². The van der Waals surface area contributed by atoms with Gasteiger partial charge in [-0.3, -0.25) is 0 Å². The van der Waals surface area contributed by atoms with Crippen LogP contribution in [-0.2, 0) is 10.8 Å². The fourth-order valence-electron chi connectivity index (χ4n) is 10.1. The normalized spacial score (nSPS) is 16.8. The van der Waals surface area contributed by atoms with E-state index >= 15 is 0 Å². The molecule has 0 saturated heterocycles. The third-order valence-electron chi connectivity index (χ3n) is 12.3. The average molecular weight is 652 g/mol. The summed E-state index contributed by atoms with van der Waals surface area (Å²) in [6, 6.07) is 57.2. The lowest BCUT2D eigenvalue weighted by Crippen LogP contribution is -2.30. The van der Waals surface area contributed by atoms with Crippen molar-refractivity contribution in [2.45, 2.75) is 37.5 Å². The van der Waals surface area contributed by atoms with Crippen molar-refractivity contribution in [3.63, 3.8) is 0 Å². The van der Waals surface area contributed by atoms with Gasteiger partial charge < -0.3 is 4.90 Å². The molecule has 11 rings (SSSR count). The van der Waals surface area contributed by atoms with E-state index in [1.807, 2.05) is 0 Å². The summed E-state index contributed by atoms with van der Waals surface area (Å²) in [7, 11) is 0. The molecule has 0 atom stereocenters. The summed E-state index contributed by atoms with van der Waals surface area (Å²) < 4.78 is 0. The summed E-state index contributed by atoms with van der Waals surface area (Å²) in [4.78, 5) is 2.50. The minimum atomic E-state index is -0.303. The number of benzene rings is 7. The van der Waals surface area contributed by atoms with Crippen molar-refractivity contribution in [3.8, 4) is 22.3 Å². The molecule has 4 aliphatic rings. The summed E-state index contributed by atoms with van der Waals surface area (Å²) in [6.45, 7) is 4.78. The number of nitrogens with zero attached hydrogens (tertiary/aromatic N) is 1. The molecule has 51 heavy (non-hydrogen) atoms. The van der Waals surface area contributed by atoms with Gasteiger partial charge in [0.1, 0.15) is 0 Å². The summed E-state index contributed by atoms with van der Waals surface area (Å²) in [6.07, 6.45) is 7.01. The second-order valence-corrected chi connectivity index (χ2v) is 15.1. The Morgan fingerprint density at radius 3 is 1.90 bits per heavy atom. The second kappa shape index (κ2) is 10.3. The van der Waals surface area contributed by atoms with Crippen LogP contribution in [0.1, 0.15) is 60.1 Å². The van der Waals surface area contributed by atoms with E-state index < -0.39 is 0 Å². The van der Waals surface area contributed by atoms with Gasteiger partial charge in [0.2, 0.25) is 0 Å². The van der Waals surface area contributed by atoms with Gasteiger partial charge in [-0.25, -0.2) is 0 Å². The average Bonchev–Trinajstić information content (AvgIpc) is 3.65. The third kappa shape index (κ3) is 3.71. The molecule has 0 N–H and O–H groups in total. The van der Waals surface area contributed by atoms with Crippen LogP contribution >= 0.6 is 0 Å². The Kier molecular flexibility index (Phi) is 5.84. The van der Waals surface area contributed by atoms with Gasteiger partial charge in [0, 0.05) is 10.8 Å². The first kappa shape index (κ1) is 28.9. The molecular formula is C50H37N. The first-order valence-corrected chi connectivity index (χ1v) is 18.3. The van der Waals surface area contributed by atoms with Crippen LogP contribution in [0.3, 0.4) is 0 Å². The highest BCUT2D eigenvalue weighted by Gasteiger charge is 2.52. The first-order valence-electron chi connectivity index (χ1n) is 18.3. The predicted octanol–water partition coefficient (Wildman–Crippen LogP) is 13.0. The van der Waals surface area contributed by atoms with Gasteiger partial charge in [0.15, 0.2) is 0 Å². The van der Waals surface area contributed by atoms with Gasteiger partial charge >= 0.3 is 0 Å². The van der Waals surface area contributed by atoms with E-state index in [9.17, 15) is 0 Å². The maximum absolute atomic E-state index is 2.54. The molecular weight excluding hydrogens is 615 g/mol. The second-order valence-electron chi connectivity index (χ2n) is 15.1. The van der Waals surface area contributed by atoms with Crippen LogP contribution in [0.25, 0.3) is 38.6 Å².